The highest BCUT2D eigenvalue weighted by Crippen LogP contribution is 2.30. The van der Waals surface area contributed by atoms with E-state index in [1.807, 2.05) is 25.1 Å². The van der Waals surface area contributed by atoms with Crippen LogP contribution >= 0.6 is 12.6 Å². The fourth-order valence-corrected chi connectivity index (χ4v) is 5.01. The number of Topliss-reactive ketones (excluding diaryl/α,β-unsaturated/α-hetero) is 1. The van der Waals surface area contributed by atoms with Crippen LogP contribution in [0.3, 0.4) is 0 Å². The molecule has 1 N–H and O–H groups in total. The summed E-state index contributed by atoms with van der Waals surface area (Å²) in [6.45, 7) is 6.25. The van der Waals surface area contributed by atoms with Gasteiger partial charge in [-0.2, -0.15) is 0 Å². The molecule has 2 aromatic carbocycles. The van der Waals surface area contributed by atoms with Gasteiger partial charge in [-0.1, -0.05) is 88.4 Å². The van der Waals surface area contributed by atoms with Crippen LogP contribution in [0.25, 0.3) is 11.1 Å². The number of carbonyl (C=O) groups is 2. The Labute approximate surface area is 212 Å². The van der Waals surface area contributed by atoms with Crippen LogP contribution in [0.1, 0.15) is 93.1 Å². The van der Waals surface area contributed by atoms with Gasteiger partial charge in [0.2, 0.25) is 0 Å². The van der Waals surface area contributed by atoms with Crippen LogP contribution in [0.4, 0.5) is 0 Å². The number of hydrogen-bond donors (Lipinski definition) is 2. The largest absolute Gasteiger partial charge is 0.317 e. The molecule has 0 heterocycles. The van der Waals surface area contributed by atoms with Crippen molar-refractivity contribution in [3.8, 4) is 11.1 Å². The zero-order valence-corrected chi connectivity index (χ0v) is 22.4. The number of aryl methyl sites for hydroxylation is 2. The first-order chi connectivity index (χ1) is 16.4. The Morgan fingerprint density at radius 2 is 1.71 bits per heavy atom. The maximum atomic E-state index is 13.0. The molecule has 0 saturated heterocycles. The average molecular weight is 482 g/mol. The van der Waals surface area contributed by atoms with Crippen molar-refractivity contribution < 1.29 is 9.59 Å². The molecule has 1 atom stereocenters. The fraction of sp³-hybridized carbons (Fsp3) is 0.533. The topological polar surface area (TPSA) is 46.2 Å². The van der Waals surface area contributed by atoms with Crippen LogP contribution in [0.5, 0.6) is 0 Å². The highest BCUT2D eigenvalue weighted by atomic mass is 32.1. The van der Waals surface area contributed by atoms with Gasteiger partial charge in [-0.05, 0) is 61.4 Å². The van der Waals surface area contributed by atoms with Crippen molar-refractivity contribution in [3.63, 3.8) is 0 Å². The molecular formula is C30H43NO2S. The summed E-state index contributed by atoms with van der Waals surface area (Å²) in [5, 5.41) is 3.15. The normalized spacial score (nSPS) is 14.7. The van der Waals surface area contributed by atoms with E-state index in [0.29, 0.717) is 12.8 Å². The lowest BCUT2D eigenvalue weighted by Gasteiger charge is -2.20. The number of nitrogens with one attached hydrogen (secondary N) is 1. The summed E-state index contributed by atoms with van der Waals surface area (Å²) in [7, 11) is 2.07. The minimum atomic E-state index is -0.151. The third-order valence-corrected chi connectivity index (χ3v) is 7.07. The van der Waals surface area contributed by atoms with E-state index in [0.717, 1.165) is 47.6 Å². The highest BCUT2D eigenvalue weighted by molar-refractivity contribution is 7.96. The Morgan fingerprint density at radius 1 is 1.00 bits per heavy atom. The Hall–Kier alpha value is -1.91. The third kappa shape index (κ3) is 9.03. The van der Waals surface area contributed by atoms with E-state index < -0.39 is 0 Å². The van der Waals surface area contributed by atoms with E-state index in [4.69, 9.17) is 0 Å². The Kier molecular flexibility index (Phi) is 12.6. The molecule has 1 aliphatic carbocycles. The molecule has 1 saturated carbocycles. The van der Waals surface area contributed by atoms with Crippen molar-refractivity contribution in [1.82, 2.24) is 5.32 Å². The van der Waals surface area contributed by atoms with Gasteiger partial charge in [0.15, 0.2) is 10.9 Å². The summed E-state index contributed by atoms with van der Waals surface area (Å²) in [4.78, 5) is 24.4. The van der Waals surface area contributed by atoms with Gasteiger partial charge in [0.1, 0.15) is 0 Å². The summed E-state index contributed by atoms with van der Waals surface area (Å²) >= 11 is 3.88. The van der Waals surface area contributed by atoms with E-state index in [1.165, 1.54) is 37.7 Å². The second-order valence-electron chi connectivity index (χ2n) is 9.57. The standard InChI is InChI=1S/C23H28O2S.C7H15N/c1-4-8-18-11-12-20(22(24)14-17(5-2)15-23(25)26)21(13-18)19-10-7-6-9-16(19)3;1-8-7-5-3-2-4-6-7/h6-7,9-13,17H,4-5,8,14-15H2,1-3H3,(H,25,26);7-8H,2-6H2,1H3. The molecule has 0 aliphatic heterocycles. The summed E-state index contributed by atoms with van der Waals surface area (Å²) in [6.07, 6.45) is 10.7. The SMILES string of the molecule is CCCc1ccc(C(=O)CC(CC)CC(=O)S)c(-c2ccccc2C)c1.CNC1CCCCC1. The molecule has 0 spiro atoms. The van der Waals surface area contributed by atoms with Crippen molar-refractivity contribution >= 4 is 23.5 Å². The van der Waals surface area contributed by atoms with E-state index in [2.05, 4.69) is 63.1 Å². The first kappa shape index (κ1) is 28.3. The molecule has 3 nitrogen and oxygen atoms in total. The van der Waals surface area contributed by atoms with Crippen molar-refractivity contribution in [2.45, 2.75) is 91.0 Å². The lowest BCUT2D eigenvalue weighted by atomic mass is 9.87. The Bertz CT molecular complexity index is 918. The van der Waals surface area contributed by atoms with Gasteiger partial charge >= 0.3 is 0 Å². The molecule has 0 radical (unpaired) electrons. The van der Waals surface area contributed by atoms with Crippen molar-refractivity contribution in [2.75, 3.05) is 7.05 Å². The maximum absolute atomic E-state index is 13.0. The number of benzene rings is 2. The van der Waals surface area contributed by atoms with E-state index in [1.54, 1.807) is 0 Å². The lowest BCUT2D eigenvalue weighted by molar-refractivity contribution is -0.111. The number of thiol groups is 1. The number of carbonyl (C=O) groups excluding carboxylic acids is 2. The maximum Gasteiger partial charge on any atom is 0.186 e. The number of rotatable bonds is 10. The van der Waals surface area contributed by atoms with Crippen molar-refractivity contribution in [1.29, 1.82) is 0 Å². The summed E-state index contributed by atoms with van der Waals surface area (Å²) in [5.74, 6) is 0.153. The zero-order chi connectivity index (χ0) is 24.9. The number of hydrogen-bond acceptors (Lipinski definition) is 3. The monoisotopic (exact) mass is 481 g/mol. The van der Waals surface area contributed by atoms with Crippen molar-refractivity contribution in [2.24, 2.45) is 5.92 Å². The molecular weight excluding hydrogens is 438 g/mol. The summed E-state index contributed by atoms with van der Waals surface area (Å²) < 4.78 is 0. The molecule has 34 heavy (non-hydrogen) atoms. The average Bonchev–Trinajstić information content (AvgIpc) is 2.84. The van der Waals surface area contributed by atoms with E-state index in [-0.39, 0.29) is 16.8 Å². The van der Waals surface area contributed by atoms with Crippen LogP contribution in [-0.4, -0.2) is 24.0 Å². The van der Waals surface area contributed by atoms with Gasteiger partial charge < -0.3 is 5.32 Å². The fourth-order valence-electron chi connectivity index (χ4n) is 4.75. The van der Waals surface area contributed by atoms with Crippen LogP contribution < -0.4 is 5.32 Å². The smallest absolute Gasteiger partial charge is 0.186 e. The molecule has 2 aromatic rings. The highest BCUT2D eigenvalue weighted by Gasteiger charge is 2.20. The first-order valence-electron chi connectivity index (χ1n) is 13.0. The van der Waals surface area contributed by atoms with Crippen LogP contribution in [0.15, 0.2) is 42.5 Å². The molecule has 4 heteroatoms. The molecule has 1 aliphatic rings. The third-order valence-electron chi connectivity index (χ3n) is 6.89. The van der Waals surface area contributed by atoms with E-state index >= 15 is 0 Å². The van der Waals surface area contributed by atoms with Crippen LogP contribution in [0.2, 0.25) is 0 Å². The van der Waals surface area contributed by atoms with Gasteiger partial charge in [-0.25, -0.2) is 0 Å². The minimum Gasteiger partial charge on any atom is -0.317 e. The Balaban J connectivity index is 0.000000430. The van der Waals surface area contributed by atoms with Crippen molar-refractivity contribution in [3.05, 3.63) is 59.2 Å². The van der Waals surface area contributed by atoms with Gasteiger partial charge in [0.05, 0.1) is 0 Å². The second kappa shape index (κ2) is 15.2. The predicted octanol–water partition coefficient (Wildman–Crippen LogP) is 7.60. The summed E-state index contributed by atoms with van der Waals surface area (Å²) in [6, 6.07) is 15.2. The molecule has 0 amide bonds. The van der Waals surface area contributed by atoms with Crippen LogP contribution in [0, 0.1) is 12.8 Å². The molecule has 0 bridgehead atoms. The number of ketones is 1. The van der Waals surface area contributed by atoms with Gasteiger partial charge in [-0.3, -0.25) is 9.59 Å². The quantitative estimate of drug-likeness (QED) is 0.271. The lowest BCUT2D eigenvalue weighted by Crippen LogP contribution is -2.26. The zero-order valence-electron chi connectivity index (χ0n) is 21.5. The minimum absolute atomic E-state index is 0.0486. The molecule has 1 fully saturated rings. The predicted molar refractivity (Wildman–Crippen MR) is 148 cm³/mol. The van der Waals surface area contributed by atoms with Gasteiger partial charge in [0.25, 0.3) is 0 Å². The Morgan fingerprint density at radius 3 is 2.26 bits per heavy atom. The summed E-state index contributed by atoms with van der Waals surface area (Å²) in [5.41, 5.74) is 5.27. The second-order valence-corrected chi connectivity index (χ2v) is 10.1. The van der Waals surface area contributed by atoms with E-state index in [9.17, 15) is 9.59 Å². The molecule has 3 rings (SSSR count). The molecule has 186 valence electrons. The first-order valence-corrected chi connectivity index (χ1v) is 13.4. The van der Waals surface area contributed by atoms with Gasteiger partial charge in [-0.15, -0.1) is 12.6 Å². The van der Waals surface area contributed by atoms with Crippen LogP contribution in [-0.2, 0) is 11.2 Å². The molecule has 0 aromatic heterocycles. The molecule has 1 unspecified atom stereocenters. The van der Waals surface area contributed by atoms with Gasteiger partial charge in [0, 0.05) is 24.4 Å².